The number of hydrogen-bond donors (Lipinski definition) is 2. The Hall–Kier alpha value is -1.61. The molecule has 3 heteroatoms. The van der Waals surface area contributed by atoms with E-state index in [1.807, 2.05) is 31.2 Å². The maximum absolute atomic E-state index is 10.9. The van der Waals surface area contributed by atoms with Crippen molar-refractivity contribution in [2.24, 2.45) is 0 Å². The molecule has 0 spiro atoms. The molecular weight excluding hydrogens is 202 g/mol. The number of aliphatic carboxylic acids is 1. The second-order valence-electron chi connectivity index (χ2n) is 4.09. The summed E-state index contributed by atoms with van der Waals surface area (Å²) in [7, 11) is 0. The predicted octanol–water partition coefficient (Wildman–Crippen LogP) is 2.04. The van der Waals surface area contributed by atoms with Gasteiger partial charge in [-0.2, -0.15) is 0 Å². The molecule has 0 amide bonds. The van der Waals surface area contributed by atoms with Crippen LogP contribution in [-0.4, -0.2) is 17.6 Å². The van der Waals surface area contributed by atoms with Crippen LogP contribution < -0.4 is 5.32 Å². The van der Waals surface area contributed by atoms with Crippen LogP contribution in [0.1, 0.15) is 23.6 Å². The normalized spacial score (nSPS) is 20.3. The summed E-state index contributed by atoms with van der Waals surface area (Å²) < 4.78 is 0. The van der Waals surface area contributed by atoms with Gasteiger partial charge in [0.25, 0.3) is 0 Å². The molecule has 0 fully saturated rings. The fraction of sp³-hybridized carbons (Fsp3) is 0.308. The summed E-state index contributed by atoms with van der Waals surface area (Å²) in [4.78, 5) is 10.9. The molecule has 1 aromatic rings. The van der Waals surface area contributed by atoms with E-state index >= 15 is 0 Å². The Morgan fingerprint density at radius 1 is 1.38 bits per heavy atom. The summed E-state index contributed by atoms with van der Waals surface area (Å²) in [5, 5.41) is 12.3. The first-order valence-electron chi connectivity index (χ1n) is 5.41. The molecule has 0 radical (unpaired) electrons. The van der Waals surface area contributed by atoms with Crippen LogP contribution in [-0.2, 0) is 4.79 Å². The van der Waals surface area contributed by atoms with Crippen molar-refractivity contribution in [3.63, 3.8) is 0 Å². The van der Waals surface area contributed by atoms with Crippen molar-refractivity contribution >= 4 is 5.97 Å². The van der Waals surface area contributed by atoms with Gasteiger partial charge in [-0.3, -0.25) is 0 Å². The highest BCUT2D eigenvalue weighted by Gasteiger charge is 2.18. The van der Waals surface area contributed by atoms with Gasteiger partial charge in [-0.25, -0.2) is 4.79 Å². The van der Waals surface area contributed by atoms with Gasteiger partial charge in [0.15, 0.2) is 0 Å². The number of carboxylic acids is 1. The van der Waals surface area contributed by atoms with Crippen molar-refractivity contribution in [1.29, 1.82) is 0 Å². The SMILES string of the molecule is Cc1ccc(C2C=C(C(=O)O)CCN2)cc1. The van der Waals surface area contributed by atoms with E-state index < -0.39 is 5.97 Å². The Morgan fingerprint density at radius 3 is 2.69 bits per heavy atom. The summed E-state index contributed by atoms with van der Waals surface area (Å²) in [6.07, 6.45) is 2.40. The van der Waals surface area contributed by atoms with Crippen molar-refractivity contribution in [2.45, 2.75) is 19.4 Å². The van der Waals surface area contributed by atoms with E-state index in [0.717, 1.165) is 12.1 Å². The Balaban J connectivity index is 2.24. The van der Waals surface area contributed by atoms with Gasteiger partial charge >= 0.3 is 5.97 Å². The summed E-state index contributed by atoms with van der Waals surface area (Å²) in [5.41, 5.74) is 2.83. The lowest BCUT2D eigenvalue weighted by molar-refractivity contribution is -0.132. The van der Waals surface area contributed by atoms with E-state index in [9.17, 15) is 4.79 Å². The Morgan fingerprint density at radius 2 is 2.06 bits per heavy atom. The first-order valence-corrected chi connectivity index (χ1v) is 5.41. The van der Waals surface area contributed by atoms with Crippen molar-refractivity contribution in [1.82, 2.24) is 5.32 Å². The van der Waals surface area contributed by atoms with Crippen molar-refractivity contribution in [2.75, 3.05) is 6.54 Å². The smallest absolute Gasteiger partial charge is 0.331 e. The minimum Gasteiger partial charge on any atom is -0.478 e. The Bertz CT molecular complexity index is 420. The van der Waals surface area contributed by atoms with Crippen molar-refractivity contribution in [3.8, 4) is 0 Å². The van der Waals surface area contributed by atoms with Crippen LogP contribution in [0.25, 0.3) is 0 Å². The van der Waals surface area contributed by atoms with Crippen LogP contribution in [0.4, 0.5) is 0 Å². The van der Waals surface area contributed by atoms with E-state index in [0.29, 0.717) is 12.0 Å². The quantitative estimate of drug-likeness (QED) is 0.797. The fourth-order valence-electron chi connectivity index (χ4n) is 1.87. The van der Waals surface area contributed by atoms with Crippen LogP contribution in [0.3, 0.4) is 0 Å². The lowest BCUT2D eigenvalue weighted by Crippen LogP contribution is -2.27. The van der Waals surface area contributed by atoms with Crippen LogP contribution >= 0.6 is 0 Å². The average Bonchev–Trinajstić information content (AvgIpc) is 2.30. The van der Waals surface area contributed by atoms with Crippen LogP contribution in [0.5, 0.6) is 0 Å². The molecule has 1 aromatic carbocycles. The van der Waals surface area contributed by atoms with Gasteiger partial charge in [0.05, 0.1) is 6.04 Å². The van der Waals surface area contributed by atoms with E-state index in [2.05, 4.69) is 5.32 Å². The molecule has 2 rings (SSSR count). The summed E-state index contributed by atoms with van der Waals surface area (Å²) in [6, 6.07) is 8.18. The average molecular weight is 217 g/mol. The topological polar surface area (TPSA) is 49.3 Å². The molecule has 1 aliphatic rings. The van der Waals surface area contributed by atoms with Gasteiger partial charge in [-0.1, -0.05) is 35.9 Å². The van der Waals surface area contributed by atoms with E-state index in [1.54, 1.807) is 6.08 Å². The molecule has 0 saturated carbocycles. The molecule has 1 heterocycles. The number of hydrogen-bond acceptors (Lipinski definition) is 2. The van der Waals surface area contributed by atoms with Gasteiger partial charge in [-0.15, -0.1) is 0 Å². The first-order chi connectivity index (χ1) is 7.66. The van der Waals surface area contributed by atoms with Crippen LogP contribution in [0.15, 0.2) is 35.9 Å². The number of benzene rings is 1. The number of carbonyl (C=O) groups is 1. The molecule has 1 aliphatic heterocycles. The number of rotatable bonds is 2. The molecule has 3 nitrogen and oxygen atoms in total. The third kappa shape index (κ3) is 2.31. The lowest BCUT2D eigenvalue weighted by atomic mass is 9.98. The molecule has 1 unspecified atom stereocenters. The fourth-order valence-corrected chi connectivity index (χ4v) is 1.87. The van der Waals surface area contributed by atoms with Crippen LogP contribution in [0, 0.1) is 6.92 Å². The Kier molecular flexibility index (Phi) is 3.06. The zero-order valence-electron chi connectivity index (χ0n) is 9.23. The van der Waals surface area contributed by atoms with Gasteiger partial charge in [0, 0.05) is 12.1 Å². The number of aryl methyl sites for hydroxylation is 1. The third-order valence-corrected chi connectivity index (χ3v) is 2.84. The summed E-state index contributed by atoms with van der Waals surface area (Å²) >= 11 is 0. The molecule has 2 N–H and O–H groups in total. The number of carboxylic acid groups (broad SMARTS) is 1. The van der Waals surface area contributed by atoms with Gasteiger partial charge in [-0.05, 0) is 18.9 Å². The predicted molar refractivity (Wildman–Crippen MR) is 62.3 cm³/mol. The molecule has 16 heavy (non-hydrogen) atoms. The largest absolute Gasteiger partial charge is 0.478 e. The van der Waals surface area contributed by atoms with Gasteiger partial charge in [0.1, 0.15) is 0 Å². The minimum absolute atomic E-state index is 0.0282. The minimum atomic E-state index is -0.807. The maximum atomic E-state index is 10.9. The first kappa shape index (κ1) is 10.9. The molecule has 1 atom stereocenters. The van der Waals surface area contributed by atoms with E-state index in [1.165, 1.54) is 5.56 Å². The van der Waals surface area contributed by atoms with E-state index in [4.69, 9.17) is 5.11 Å². The molecule has 0 aromatic heterocycles. The van der Waals surface area contributed by atoms with Crippen molar-refractivity contribution in [3.05, 3.63) is 47.0 Å². The van der Waals surface area contributed by atoms with Gasteiger partial charge in [0.2, 0.25) is 0 Å². The highest BCUT2D eigenvalue weighted by molar-refractivity contribution is 5.86. The zero-order valence-corrected chi connectivity index (χ0v) is 9.23. The summed E-state index contributed by atoms with van der Waals surface area (Å²) in [6.45, 7) is 2.76. The molecule has 0 bridgehead atoms. The molecule has 84 valence electrons. The van der Waals surface area contributed by atoms with Crippen LogP contribution in [0.2, 0.25) is 0 Å². The summed E-state index contributed by atoms with van der Waals surface area (Å²) in [5.74, 6) is -0.807. The highest BCUT2D eigenvalue weighted by atomic mass is 16.4. The second-order valence-corrected chi connectivity index (χ2v) is 4.09. The molecule has 0 aliphatic carbocycles. The molecule has 0 saturated heterocycles. The standard InChI is InChI=1S/C13H15NO2/c1-9-2-4-10(5-3-9)12-8-11(13(15)16)6-7-14-12/h2-5,8,12,14H,6-7H2,1H3,(H,15,16). The zero-order chi connectivity index (χ0) is 11.5. The monoisotopic (exact) mass is 217 g/mol. The Labute approximate surface area is 94.8 Å². The van der Waals surface area contributed by atoms with Crippen molar-refractivity contribution < 1.29 is 9.90 Å². The second kappa shape index (κ2) is 4.49. The number of nitrogens with one attached hydrogen (secondary N) is 1. The van der Waals surface area contributed by atoms with E-state index in [-0.39, 0.29) is 6.04 Å². The maximum Gasteiger partial charge on any atom is 0.331 e. The third-order valence-electron chi connectivity index (χ3n) is 2.84. The lowest BCUT2D eigenvalue weighted by Gasteiger charge is -2.21. The highest BCUT2D eigenvalue weighted by Crippen LogP contribution is 2.21. The van der Waals surface area contributed by atoms with Gasteiger partial charge < -0.3 is 10.4 Å². The molecular formula is C13H15NO2.